The number of carboxylic acids is 1. The van der Waals surface area contributed by atoms with Crippen LogP contribution in [0.3, 0.4) is 0 Å². The molecule has 0 bridgehead atoms. The minimum Gasteiger partial charge on any atom is -0.550 e. The van der Waals surface area contributed by atoms with Gasteiger partial charge in [-0.1, -0.05) is 39.7 Å². The third-order valence-electron chi connectivity index (χ3n) is 3.39. The number of nitrogens with one attached hydrogen (secondary N) is 2. The highest BCUT2D eigenvalue weighted by Crippen LogP contribution is 2.13. The zero-order valence-corrected chi connectivity index (χ0v) is 16.3. The van der Waals surface area contributed by atoms with Crippen molar-refractivity contribution in [3.8, 4) is 0 Å². The Hall–Kier alpha value is -2.64. The van der Waals surface area contributed by atoms with Gasteiger partial charge in [0.05, 0.1) is 0 Å². The molecule has 27 heavy (non-hydrogen) atoms. The molecule has 2 rings (SSSR count). The lowest BCUT2D eigenvalue weighted by Gasteiger charge is -2.11. The fourth-order valence-electron chi connectivity index (χ4n) is 2.05. The summed E-state index contributed by atoms with van der Waals surface area (Å²) in [5.74, 6) is -2.37. The van der Waals surface area contributed by atoms with Gasteiger partial charge < -0.3 is 20.5 Å². The lowest BCUT2D eigenvalue weighted by atomic mass is 10.1. The zero-order valence-electron chi connectivity index (χ0n) is 14.0. The second kappa shape index (κ2) is 9.89. The van der Waals surface area contributed by atoms with Crippen LogP contribution in [0.15, 0.2) is 58.7 Å². The van der Waals surface area contributed by atoms with Gasteiger partial charge in [-0.3, -0.25) is 9.59 Å². The SMILES string of the molecule is O=C([O-])CCNC(=O)/C(=C/c1ccc(Cl)cc1)NC(=O)c1ccc(Br)cc1. The molecule has 0 unspecified atom stereocenters. The average Bonchev–Trinajstić information content (AvgIpc) is 2.63. The van der Waals surface area contributed by atoms with Crippen LogP contribution in [-0.4, -0.2) is 24.3 Å². The number of aliphatic carboxylic acids is 1. The van der Waals surface area contributed by atoms with E-state index in [4.69, 9.17) is 11.6 Å². The maximum absolute atomic E-state index is 12.4. The summed E-state index contributed by atoms with van der Waals surface area (Å²) in [6.07, 6.45) is 1.14. The van der Waals surface area contributed by atoms with Gasteiger partial charge in [-0.2, -0.15) is 0 Å². The van der Waals surface area contributed by atoms with E-state index in [-0.39, 0.29) is 18.7 Å². The predicted octanol–water partition coefficient (Wildman–Crippen LogP) is 2.13. The fraction of sp³-hybridized carbons (Fsp3) is 0.105. The first-order chi connectivity index (χ1) is 12.8. The van der Waals surface area contributed by atoms with Gasteiger partial charge in [0.25, 0.3) is 11.8 Å². The summed E-state index contributed by atoms with van der Waals surface area (Å²) in [4.78, 5) is 35.3. The molecular formula is C19H15BrClN2O4-. The number of carbonyl (C=O) groups is 3. The van der Waals surface area contributed by atoms with Crippen molar-refractivity contribution in [3.63, 3.8) is 0 Å². The molecule has 0 fully saturated rings. The van der Waals surface area contributed by atoms with E-state index in [2.05, 4.69) is 26.6 Å². The first kappa shape index (κ1) is 20.7. The Morgan fingerprint density at radius 3 is 2.26 bits per heavy atom. The van der Waals surface area contributed by atoms with Crippen LogP contribution in [-0.2, 0) is 9.59 Å². The summed E-state index contributed by atoms with van der Waals surface area (Å²) < 4.78 is 0.816. The van der Waals surface area contributed by atoms with Gasteiger partial charge >= 0.3 is 0 Å². The third kappa shape index (κ3) is 6.88. The van der Waals surface area contributed by atoms with E-state index >= 15 is 0 Å². The van der Waals surface area contributed by atoms with Gasteiger partial charge in [0.15, 0.2) is 0 Å². The van der Waals surface area contributed by atoms with Crippen molar-refractivity contribution in [2.45, 2.75) is 6.42 Å². The number of benzene rings is 2. The molecule has 0 atom stereocenters. The first-order valence-electron chi connectivity index (χ1n) is 7.87. The van der Waals surface area contributed by atoms with Crippen LogP contribution in [0, 0.1) is 0 Å². The molecule has 2 N–H and O–H groups in total. The maximum Gasteiger partial charge on any atom is 0.267 e. The van der Waals surface area contributed by atoms with Crippen LogP contribution in [0.25, 0.3) is 6.08 Å². The molecule has 0 radical (unpaired) electrons. The fourth-order valence-corrected chi connectivity index (χ4v) is 2.44. The van der Waals surface area contributed by atoms with E-state index in [0.717, 1.165) is 4.47 Å². The van der Waals surface area contributed by atoms with Gasteiger partial charge in [0, 0.05) is 34.0 Å². The molecule has 0 aliphatic carbocycles. The molecular weight excluding hydrogens is 436 g/mol. The minimum absolute atomic E-state index is 0.0245. The summed E-state index contributed by atoms with van der Waals surface area (Å²) >= 11 is 9.14. The summed E-state index contributed by atoms with van der Waals surface area (Å²) in [5, 5.41) is 16.0. The summed E-state index contributed by atoms with van der Waals surface area (Å²) in [6, 6.07) is 13.3. The number of amides is 2. The van der Waals surface area contributed by atoms with Crippen LogP contribution in [0.5, 0.6) is 0 Å². The summed E-state index contributed by atoms with van der Waals surface area (Å²) in [7, 11) is 0. The average molecular weight is 451 g/mol. The molecule has 0 saturated heterocycles. The van der Waals surface area contributed by atoms with Gasteiger partial charge in [-0.15, -0.1) is 0 Å². The van der Waals surface area contributed by atoms with E-state index in [9.17, 15) is 19.5 Å². The summed E-state index contributed by atoms with van der Waals surface area (Å²) in [6.45, 7) is -0.118. The van der Waals surface area contributed by atoms with Crippen LogP contribution in [0.2, 0.25) is 5.02 Å². The highest BCUT2D eigenvalue weighted by molar-refractivity contribution is 9.10. The number of carbonyl (C=O) groups excluding carboxylic acids is 3. The van der Waals surface area contributed by atoms with Crippen molar-refractivity contribution in [2.75, 3.05) is 6.54 Å². The molecule has 0 aliphatic heterocycles. The highest BCUT2D eigenvalue weighted by Gasteiger charge is 2.14. The van der Waals surface area contributed by atoms with Crippen LogP contribution in [0.4, 0.5) is 0 Å². The molecule has 2 aromatic rings. The summed E-state index contributed by atoms with van der Waals surface area (Å²) in [5.41, 5.74) is 0.979. The molecule has 0 heterocycles. The Kier molecular flexibility index (Phi) is 7.57. The zero-order chi connectivity index (χ0) is 19.8. The van der Waals surface area contributed by atoms with Crippen molar-refractivity contribution >= 4 is 51.4 Å². The molecule has 2 aromatic carbocycles. The lowest BCUT2D eigenvalue weighted by molar-refractivity contribution is -0.305. The van der Waals surface area contributed by atoms with E-state index in [1.165, 1.54) is 6.08 Å². The van der Waals surface area contributed by atoms with Crippen molar-refractivity contribution in [3.05, 3.63) is 74.9 Å². The highest BCUT2D eigenvalue weighted by atomic mass is 79.9. The Balaban J connectivity index is 2.21. The smallest absolute Gasteiger partial charge is 0.267 e. The molecule has 2 amide bonds. The standard InChI is InChI=1S/C19H16BrClN2O4/c20-14-5-3-13(4-6-14)18(26)23-16(19(27)22-10-9-17(24)25)11-12-1-7-15(21)8-2-12/h1-8,11H,9-10H2,(H,22,27)(H,23,26)(H,24,25)/p-1/b16-11-. The van der Waals surface area contributed by atoms with Gasteiger partial charge in [-0.05, 0) is 48.0 Å². The van der Waals surface area contributed by atoms with Crippen molar-refractivity contribution < 1.29 is 19.5 Å². The Labute approximate surface area is 169 Å². The normalized spacial score (nSPS) is 11.0. The maximum atomic E-state index is 12.4. The number of halogens is 2. The van der Waals surface area contributed by atoms with E-state index in [1.54, 1.807) is 48.5 Å². The van der Waals surface area contributed by atoms with Gasteiger partial charge in [0.1, 0.15) is 5.70 Å². The Morgan fingerprint density at radius 1 is 1.04 bits per heavy atom. The molecule has 0 spiro atoms. The molecule has 140 valence electrons. The molecule has 0 saturated carbocycles. The number of hydrogen-bond acceptors (Lipinski definition) is 4. The topological polar surface area (TPSA) is 98.3 Å². The third-order valence-corrected chi connectivity index (χ3v) is 4.18. The second-order valence-electron chi connectivity index (χ2n) is 5.45. The van der Waals surface area contributed by atoms with E-state index < -0.39 is 17.8 Å². The van der Waals surface area contributed by atoms with E-state index in [1.807, 2.05) is 0 Å². The van der Waals surface area contributed by atoms with Crippen molar-refractivity contribution in [2.24, 2.45) is 0 Å². The van der Waals surface area contributed by atoms with Crippen molar-refractivity contribution in [1.82, 2.24) is 10.6 Å². The molecule has 6 nitrogen and oxygen atoms in total. The van der Waals surface area contributed by atoms with Crippen LogP contribution in [0.1, 0.15) is 22.3 Å². The molecule has 0 aliphatic rings. The Bertz CT molecular complexity index is 864. The minimum atomic E-state index is -1.28. The monoisotopic (exact) mass is 449 g/mol. The molecule has 8 heteroatoms. The largest absolute Gasteiger partial charge is 0.550 e. The van der Waals surface area contributed by atoms with Crippen LogP contribution >= 0.6 is 27.5 Å². The second-order valence-corrected chi connectivity index (χ2v) is 6.80. The first-order valence-corrected chi connectivity index (χ1v) is 9.04. The Morgan fingerprint density at radius 2 is 1.67 bits per heavy atom. The van der Waals surface area contributed by atoms with Gasteiger partial charge in [0.2, 0.25) is 0 Å². The van der Waals surface area contributed by atoms with Crippen LogP contribution < -0.4 is 15.7 Å². The number of rotatable bonds is 7. The van der Waals surface area contributed by atoms with Gasteiger partial charge in [-0.25, -0.2) is 0 Å². The number of carboxylic acid groups (broad SMARTS) is 1. The lowest BCUT2D eigenvalue weighted by Crippen LogP contribution is -2.37. The van der Waals surface area contributed by atoms with E-state index in [0.29, 0.717) is 16.1 Å². The predicted molar refractivity (Wildman–Crippen MR) is 104 cm³/mol. The quantitative estimate of drug-likeness (QED) is 0.631. The van der Waals surface area contributed by atoms with Crippen molar-refractivity contribution in [1.29, 1.82) is 0 Å². The number of hydrogen-bond donors (Lipinski definition) is 2. The molecule has 0 aromatic heterocycles.